The van der Waals surface area contributed by atoms with Gasteiger partial charge in [0.1, 0.15) is 11.5 Å². The first-order chi connectivity index (χ1) is 9.64. The molecule has 0 spiro atoms. The summed E-state index contributed by atoms with van der Waals surface area (Å²) in [5.41, 5.74) is -0.757. The van der Waals surface area contributed by atoms with Crippen molar-refractivity contribution in [3.05, 3.63) is 11.7 Å². The summed E-state index contributed by atoms with van der Waals surface area (Å²) in [6.07, 6.45) is 3.11. The lowest BCUT2D eigenvalue weighted by atomic mass is 9.86. The summed E-state index contributed by atoms with van der Waals surface area (Å²) in [6, 6.07) is 0. The predicted molar refractivity (Wildman–Crippen MR) is 71.1 cm³/mol. The third kappa shape index (κ3) is 2.70. The van der Waals surface area contributed by atoms with Crippen LogP contribution in [0.3, 0.4) is 0 Å². The van der Waals surface area contributed by atoms with Crippen LogP contribution in [0.15, 0.2) is 4.52 Å². The van der Waals surface area contributed by atoms with Gasteiger partial charge in [0.05, 0.1) is 6.61 Å². The molecule has 6 heteroatoms. The minimum absolute atomic E-state index is 0.238. The summed E-state index contributed by atoms with van der Waals surface area (Å²) in [6.45, 7) is 6.51. The quantitative estimate of drug-likeness (QED) is 0.746. The van der Waals surface area contributed by atoms with E-state index in [-0.39, 0.29) is 12.1 Å². The molecule has 1 heterocycles. The van der Waals surface area contributed by atoms with E-state index in [2.05, 4.69) is 10.1 Å². The molecule has 1 aromatic rings. The second-order valence-electron chi connectivity index (χ2n) is 5.06. The highest BCUT2D eigenvalue weighted by atomic mass is 16.5. The molecule has 0 amide bonds. The Bertz CT molecular complexity index is 452. The second kappa shape index (κ2) is 6.35. The molecule has 0 aliphatic heterocycles. The average Bonchev–Trinajstić information content (AvgIpc) is 3.09. The average molecular weight is 282 g/mol. The molecule has 1 saturated carbocycles. The highest BCUT2D eigenvalue weighted by Crippen LogP contribution is 2.41. The van der Waals surface area contributed by atoms with Crippen LogP contribution in [0, 0.1) is 0 Å². The van der Waals surface area contributed by atoms with Crippen molar-refractivity contribution in [1.82, 2.24) is 10.1 Å². The largest absolute Gasteiger partial charge is 0.465 e. The highest BCUT2D eigenvalue weighted by molar-refractivity contribution is 5.82. The van der Waals surface area contributed by atoms with E-state index in [1.54, 1.807) is 6.92 Å². The smallest absolute Gasteiger partial charge is 0.321 e. The van der Waals surface area contributed by atoms with Crippen LogP contribution in [0.2, 0.25) is 0 Å². The van der Waals surface area contributed by atoms with E-state index in [1.807, 2.05) is 13.8 Å². The maximum atomic E-state index is 12.3. The van der Waals surface area contributed by atoms with Crippen molar-refractivity contribution in [3.63, 3.8) is 0 Å². The maximum Gasteiger partial charge on any atom is 0.321 e. The molecule has 20 heavy (non-hydrogen) atoms. The molecule has 112 valence electrons. The monoisotopic (exact) mass is 282 g/mol. The van der Waals surface area contributed by atoms with Crippen molar-refractivity contribution in [2.24, 2.45) is 0 Å². The standard InChI is InChI=1S/C14H22N2O4/c1-4-18-10(3)11-15-12(20-16-11)14(8-6-7-9-14)13(17)19-5-2/h10H,4-9H2,1-3H3. The first-order valence-electron chi connectivity index (χ1n) is 7.27. The van der Waals surface area contributed by atoms with Crippen LogP contribution in [0.25, 0.3) is 0 Å². The molecule has 0 aromatic carbocycles. The molecule has 1 unspecified atom stereocenters. The SMILES string of the molecule is CCOC(=O)C1(c2nc(C(C)OCC)no2)CCCC1. The Hall–Kier alpha value is -1.43. The van der Waals surface area contributed by atoms with E-state index < -0.39 is 5.41 Å². The van der Waals surface area contributed by atoms with Crippen LogP contribution in [0.5, 0.6) is 0 Å². The van der Waals surface area contributed by atoms with Crippen molar-refractivity contribution < 1.29 is 18.8 Å². The van der Waals surface area contributed by atoms with E-state index in [4.69, 9.17) is 14.0 Å². The van der Waals surface area contributed by atoms with Gasteiger partial charge < -0.3 is 14.0 Å². The van der Waals surface area contributed by atoms with Crippen LogP contribution in [-0.4, -0.2) is 29.3 Å². The zero-order valence-electron chi connectivity index (χ0n) is 12.3. The summed E-state index contributed by atoms with van der Waals surface area (Å²) in [7, 11) is 0. The van der Waals surface area contributed by atoms with Gasteiger partial charge in [-0.1, -0.05) is 18.0 Å². The number of hydrogen-bond acceptors (Lipinski definition) is 6. The number of carbonyl (C=O) groups is 1. The Morgan fingerprint density at radius 3 is 2.65 bits per heavy atom. The van der Waals surface area contributed by atoms with E-state index >= 15 is 0 Å². The molecular formula is C14H22N2O4. The minimum atomic E-state index is -0.757. The second-order valence-corrected chi connectivity index (χ2v) is 5.06. The molecule has 0 radical (unpaired) electrons. The van der Waals surface area contributed by atoms with Crippen molar-refractivity contribution >= 4 is 5.97 Å². The van der Waals surface area contributed by atoms with E-state index in [9.17, 15) is 4.79 Å². The van der Waals surface area contributed by atoms with Gasteiger partial charge in [-0.2, -0.15) is 4.98 Å². The van der Waals surface area contributed by atoms with E-state index in [1.165, 1.54) is 0 Å². The van der Waals surface area contributed by atoms with Gasteiger partial charge in [0.2, 0.25) is 5.89 Å². The molecule has 6 nitrogen and oxygen atoms in total. The van der Waals surface area contributed by atoms with Crippen molar-refractivity contribution in [2.75, 3.05) is 13.2 Å². The first kappa shape index (κ1) is 15.0. The Morgan fingerprint density at radius 2 is 2.05 bits per heavy atom. The van der Waals surface area contributed by atoms with Crippen molar-refractivity contribution in [2.45, 2.75) is 58.0 Å². The summed E-state index contributed by atoms with van der Waals surface area (Å²) in [4.78, 5) is 16.7. The number of aromatic nitrogens is 2. The molecule has 2 rings (SSSR count). The highest BCUT2D eigenvalue weighted by Gasteiger charge is 2.49. The van der Waals surface area contributed by atoms with E-state index in [0.717, 1.165) is 12.8 Å². The predicted octanol–water partition coefficient (Wildman–Crippen LogP) is 2.54. The molecule has 0 N–H and O–H groups in total. The van der Waals surface area contributed by atoms with Gasteiger partial charge in [-0.05, 0) is 33.6 Å². The maximum absolute atomic E-state index is 12.3. The van der Waals surface area contributed by atoms with Crippen LogP contribution in [-0.2, 0) is 19.7 Å². The number of carbonyl (C=O) groups excluding carboxylic acids is 1. The van der Waals surface area contributed by atoms with Crippen molar-refractivity contribution in [1.29, 1.82) is 0 Å². The van der Waals surface area contributed by atoms with E-state index in [0.29, 0.717) is 37.8 Å². The molecule has 1 aromatic heterocycles. The van der Waals surface area contributed by atoms with Gasteiger partial charge in [0.25, 0.3) is 0 Å². The zero-order chi connectivity index (χ0) is 14.6. The lowest BCUT2D eigenvalue weighted by molar-refractivity contribution is -0.151. The molecule has 1 fully saturated rings. The van der Waals surface area contributed by atoms with Crippen LogP contribution in [0.1, 0.15) is 64.3 Å². The Labute approximate surface area is 118 Å². The zero-order valence-corrected chi connectivity index (χ0v) is 12.3. The molecule has 1 aliphatic carbocycles. The number of ether oxygens (including phenoxy) is 2. The Balaban J connectivity index is 2.24. The fourth-order valence-electron chi connectivity index (χ4n) is 2.67. The third-order valence-electron chi connectivity index (χ3n) is 3.75. The van der Waals surface area contributed by atoms with Gasteiger partial charge in [0.15, 0.2) is 5.82 Å². The normalized spacial score (nSPS) is 18.9. The van der Waals surface area contributed by atoms with Gasteiger partial charge >= 0.3 is 5.97 Å². The Morgan fingerprint density at radius 1 is 1.35 bits per heavy atom. The summed E-state index contributed by atoms with van der Waals surface area (Å²) in [5.74, 6) is 0.601. The van der Waals surface area contributed by atoms with Gasteiger partial charge in [-0.3, -0.25) is 4.79 Å². The molecule has 1 aliphatic rings. The fraction of sp³-hybridized carbons (Fsp3) is 0.786. The topological polar surface area (TPSA) is 74.5 Å². The van der Waals surface area contributed by atoms with Gasteiger partial charge in [-0.25, -0.2) is 0 Å². The summed E-state index contributed by atoms with van der Waals surface area (Å²) >= 11 is 0. The van der Waals surface area contributed by atoms with Gasteiger partial charge in [0, 0.05) is 6.61 Å². The number of rotatable bonds is 6. The van der Waals surface area contributed by atoms with Crippen LogP contribution < -0.4 is 0 Å². The Kier molecular flexibility index (Phi) is 4.75. The number of nitrogens with zero attached hydrogens (tertiary/aromatic N) is 2. The minimum Gasteiger partial charge on any atom is -0.465 e. The summed E-state index contributed by atoms with van der Waals surface area (Å²) < 4.78 is 16.0. The molecule has 1 atom stereocenters. The lowest BCUT2D eigenvalue weighted by Crippen LogP contribution is -2.35. The third-order valence-corrected chi connectivity index (χ3v) is 3.75. The summed E-state index contributed by atoms with van der Waals surface area (Å²) in [5, 5.41) is 3.95. The molecule has 0 saturated heterocycles. The van der Waals surface area contributed by atoms with Gasteiger partial charge in [-0.15, -0.1) is 0 Å². The fourth-order valence-corrected chi connectivity index (χ4v) is 2.67. The molecule has 0 bridgehead atoms. The first-order valence-corrected chi connectivity index (χ1v) is 7.27. The number of hydrogen-bond donors (Lipinski definition) is 0. The number of esters is 1. The van der Waals surface area contributed by atoms with Crippen LogP contribution in [0.4, 0.5) is 0 Å². The molecular weight excluding hydrogens is 260 g/mol. The lowest BCUT2D eigenvalue weighted by Gasteiger charge is -2.21. The van der Waals surface area contributed by atoms with Crippen molar-refractivity contribution in [3.8, 4) is 0 Å². The van der Waals surface area contributed by atoms with Crippen LogP contribution >= 0.6 is 0 Å².